The summed E-state index contributed by atoms with van der Waals surface area (Å²) in [7, 11) is -3.42. The van der Waals surface area contributed by atoms with Crippen LogP contribution in [-0.4, -0.2) is 26.3 Å². The van der Waals surface area contributed by atoms with Crippen molar-refractivity contribution in [2.24, 2.45) is 0 Å². The van der Waals surface area contributed by atoms with Crippen LogP contribution in [0.4, 0.5) is 0 Å². The van der Waals surface area contributed by atoms with Crippen LogP contribution in [0.25, 0.3) is 0 Å². The van der Waals surface area contributed by atoms with Crippen molar-refractivity contribution in [3.05, 3.63) is 24.0 Å². The van der Waals surface area contributed by atoms with E-state index in [4.69, 9.17) is 4.74 Å². The summed E-state index contributed by atoms with van der Waals surface area (Å²) in [5.41, 5.74) is 0.550. The van der Waals surface area contributed by atoms with Gasteiger partial charge in [0.2, 0.25) is 0 Å². The van der Waals surface area contributed by atoms with Crippen LogP contribution in [0, 0.1) is 0 Å². The van der Waals surface area contributed by atoms with Gasteiger partial charge in [-0.1, -0.05) is 6.92 Å². The molecule has 0 fully saturated rings. The van der Waals surface area contributed by atoms with E-state index in [1.54, 1.807) is 18.3 Å². The largest absolute Gasteiger partial charge is 0.492 e. The summed E-state index contributed by atoms with van der Waals surface area (Å²) in [6.45, 7) is 2.61. The molecule has 0 aliphatic carbocycles. The van der Waals surface area contributed by atoms with E-state index < -0.39 is 10.1 Å². The van der Waals surface area contributed by atoms with E-state index in [1.165, 1.54) is 0 Å². The third-order valence-corrected chi connectivity index (χ3v) is 2.24. The Morgan fingerprint density at radius 2 is 2.12 bits per heavy atom. The third-order valence-electron chi connectivity index (χ3n) is 1.69. The molecule has 0 aromatic carbocycles. The highest BCUT2D eigenvalue weighted by atomic mass is 32.2. The van der Waals surface area contributed by atoms with Crippen LogP contribution in [0.2, 0.25) is 0 Å². The number of hydrogen-bond donors (Lipinski definition) is 0. The highest BCUT2D eigenvalue weighted by molar-refractivity contribution is 7.85. The van der Waals surface area contributed by atoms with Gasteiger partial charge in [0.25, 0.3) is 10.1 Å². The van der Waals surface area contributed by atoms with Crippen molar-refractivity contribution in [1.82, 2.24) is 4.98 Å². The number of pyridine rings is 1. The first-order valence-corrected chi connectivity index (χ1v) is 6.75. The molecule has 0 N–H and O–H groups in total. The van der Waals surface area contributed by atoms with Gasteiger partial charge in [0.15, 0.2) is 0 Å². The topological polar surface area (TPSA) is 65.5 Å². The molecule has 6 heteroatoms. The average molecular weight is 245 g/mol. The lowest BCUT2D eigenvalue weighted by Crippen LogP contribution is -2.04. The van der Waals surface area contributed by atoms with Crippen LogP contribution in [0.1, 0.15) is 19.0 Å². The zero-order valence-corrected chi connectivity index (χ0v) is 10.2. The molecule has 1 aromatic rings. The molecular weight excluding hydrogens is 230 g/mol. The Morgan fingerprint density at radius 1 is 1.38 bits per heavy atom. The maximum Gasteiger partial charge on any atom is 0.264 e. The average Bonchev–Trinajstić information content (AvgIpc) is 2.24. The molecule has 0 saturated heterocycles. The lowest BCUT2D eigenvalue weighted by atomic mass is 10.3. The molecule has 0 aliphatic heterocycles. The van der Waals surface area contributed by atoms with Gasteiger partial charge in [-0.25, -0.2) is 0 Å². The van der Waals surface area contributed by atoms with E-state index in [0.717, 1.165) is 12.7 Å². The molecule has 0 unspecified atom stereocenters. The smallest absolute Gasteiger partial charge is 0.264 e. The summed E-state index contributed by atoms with van der Waals surface area (Å²) in [6.07, 6.45) is 3.49. The number of nitrogens with zero attached hydrogens (tertiary/aromatic N) is 1. The maximum absolute atomic E-state index is 10.7. The van der Waals surface area contributed by atoms with E-state index in [1.807, 2.05) is 6.92 Å². The highest BCUT2D eigenvalue weighted by Gasteiger charge is 2.03. The fourth-order valence-corrected chi connectivity index (χ4v) is 1.30. The second kappa shape index (κ2) is 5.81. The van der Waals surface area contributed by atoms with E-state index >= 15 is 0 Å². The van der Waals surface area contributed by atoms with Gasteiger partial charge >= 0.3 is 0 Å². The number of rotatable bonds is 6. The van der Waals surface area contributed by atoms with E-state index in [0.29, 0.717) is 18.1 Å². The van der Waals surface area contributed by atoms with Crippen LogP contribution in [0.3, 0.4) is 0 Å². The second-order valence-corrected chi connectivity index (χ2v) is 4.94. The molecule has 0 bridgehead atoms. The fraction of sp³-hybridized carbons (Fsp3) is 0.500. The summed E-state index contributed by atoms with van der Waals surface area (Å²) >= 11 is 0. The Kier molecular flexibility index (Phi) is 4.70. The number of aromatic nitrogens is 1. The lowest BCUT2D eigenvalue weighted by molar-refractivity contribution is 0.303. The minimum atomic E-state index is -3.42. The molecular formula is C10H15NO4S. The van der Waals surface area contributed by atoms with Gasteiger partial charge in [-0.05, 0) is 18.6 Å². The van der Waals surface area contributed by atoms with Crippen LogP contribution in [0.15, 0.2) is 18.3 Å². The molecule has 0 atom stereocenters. The number of ether oxygens (including phenoxy) is 1. The van der Waals surface area contributed by atoms with Gasteiger partial charge < -0.3 is 4.74 Å². The van der Waals surface area contributed by atoms with Gasteiger partial charge in [-0.15, -0.1) is 0 Å². The predicted octanol–water partition coefficient (Wildman–Crippen LogP) is 1.35. The van der Waals surface area contributed by atoms with Crippen LogP contribution < -0.4 is 4.74 Å². The van der Waals surface area contributed by atoms with Crippen LogP contribution in [0.5, 0.6) is 5.75 Å². The fourth-order valence-electron chi connectivity index (χ4n) is 0.969. The first kappa shape index (κ1) is 12.9. The summed E-state index contributed by atoms with van der Waals surface area (Å²) < 4.78 is 31.4. The van der Waals surface area contributed by atoms with Crippen molar-refractivity contribution in [3.63, 3.8) is 0 Å². The van der Waals surface area contributed by atoms with Gasteiger partial charge in [0.1, 0.15) is 12.4 Å². The van der Waals surface area contributed by atoms with Crippen LogP contribution >= 0.6 is 0 Å². The first-order valence-electron chi connectivity index (χ1n) is 4.93. The molecule has 0 spiro atoms. The van der Waals surface area contributed by atoms with Crippen molar-refractivity contribution >= 4 is 10.1 Å². The first-order chi connectivity index (χ1) is 7.51. The second-order valence-electron chi connectivity index (χ2n) is 3.30. The van der Waals surface area contributed by atoms with E-state index in [9.17, 15) is 8.42 Å². The van der Waals surface area contributed by atoms with Crippen molar-refractivity contribution in [2.75, 3.05) is 12.9 Å². The number of hydrogen-bond acceptors (Lipinski definition) is 5. The molecule has 0 aliphatic rings. The molecule has 1 rings (SSSR count). The molecule has 1 aromatic heterocycles. The Hall–Kier alpha value is -1.14. The van der Waals surface area contributed by atoms with Crippen molar-refractivity contribution in [2.45, 2.75) is 20.0 Å². The SMILES string of the molecule is CCCOc1ccc(COS(C)(=O)=O)nc1. The van der Waals surface area contributed by atoms with Gasteiger partial charge in [-0.2, -0.15) is 8.42 Å². The Bertz CT molecular complexity index is 413. The molecule has 16 heavy (non-hydrogen) atoms. The molecule has 5 nitrogen and oxygen atoms in total. The van der Waals surface area contributed by atoms with Gasteiger partial charge in [-0.3, -0.25) is 9.17 Å². The molecule has 0 amide bonds. The standard InChI is InChI=1S/C10H15NO4S/c1-3-6-14-10-5-4-9(11-7-10)8-15-16(2,12)13/h4-5,7H,3,6,8H2,1-2H3. The molecule has 1 heterocycles. The highest BCUT2D eigenvalue weighted by Crippen LogP contribution is 2.10. The van der Waals surface area contributed by atoms with Crippen molar-refractivity contribution < 1.29 is 17.3 Å². The quantitative estimate of drug-likeness (QED) is 0.708. The Morgan fingerprint density at radius 3 is 2.62 bits per heavy atom. The molecule has 0 radical (unpaired) electrons. The van der Waals surface area contributed by atoms with E-state index in [-0.39, 0.29) is 6.61 Å². The molecule has 0 saturated carbocycles. The zero-order valence-electron chi connectivity index (χ0n) is 9.34. The Balaban J connectivity index is 2.51. The lowest BCUT2D eigenvalue weighted by Gasteiger charge is -2.05. The van der Waals surface area contributed by atoms with Crippen molar-refractivity contribution in [1.29, 1.82) is 0 Å². The maximum atomic E-state index is 10.7. The minimum absolute atomic E-state index is 0.0487. The van der Waals surface area contributed by atoms with Gasteiger partial charge in [0.05, 0.1) is 24.8 Å². The van der Waals surface area contributed by atoms with E-state index in [2.05, 4.69) is 9.17 Å². The van der Waals surface area contributed by atoms with Gasteiger partial charge in [0, 0.05) is 0 Å². The van der Waals surface area contributed by atoms with Crippen LogP contribution in [-0.2, 0) is 20.9 Å². The summed E-state index contributed by atoms with van der Waals surface area (Å²) in [5.74, 6) is 0.671. The normalized spacial score (nSPS) is 11.4. The minimum Gasteiger partial charge on any atom is -0.492 e. The summed E-state index contributed by atoms with van der Waals surface area (Å²) in [6, 6.07) is 3.42. The van der Waals surface area contributed by atoms with Crippen molar-refractivity contribution in [3.8, 4) is 5.75 Å². The predicted molar refractivity (Wildman–Crippen MR) is 59.7 cm³/mol. The summed E-state index contributed by atoms with van der Waals surface area (Å²) in [5, 5.41) is 0. The zero-order chi connectivity index (χ0) is 12.0. The Labute approximate surface area is 95.5 Å². The summed E-state index contributed by atoms with van der Waals surface area (Å²) in [4.78, 5) is 4.02. The monoisotopic (exact) mass is 245 g/mol. The third kappa shape index (κ3) is 5.09. The molecule has 90 valence electrons.